The normalized spacial score (nSPS) is 10.6. The molecule has 30 heavy (non-hydrogen) atoms. The molecule has 0 aliphatic carbocycles. The molecule has 0 bridgehead atoms. The van der Waals surface area contributed by atoms with Crippen molar-refractivity contribution in [1.29, 1.82) is 0 Å². The fourth-order valence-corrected chi connectivity index (χ4v) is 4.26. The molecule has 0 aliphatic heterocycles. The van der Waals surface area contributed by atoms with Gasteiger partial charge in [-0.25, -0.2) is 4.39 Å². The van der Waals surface area contributed by atoms with Crippen molar-refractivity contribution in [1.82, 2.24) is 0 Å². The molecular formula is C22H21ClFN3O2S. The number of nitrogens with zero attached hydrogens (tertiary/aromatic N) is 1. The number of amides is 2. The fourth-order valence-electron chi connectivity index (χ4n) is 3.04. The minimum absolute atomic E-state index is 0.0234. The van der Waals surface area contributed by atoms with E-state index in [0.717, 1.165) is 34.2 Å². The minimum atomic E-state index is -0.517. The van der Waals surface area contributed by atoms with E-state index in [2.05, 4.69) is 10.6 Å². The van der Waals surface area contributed by atoms with Gasteiger partial charge in [-0.15, -0.1) is 11.3 Å². The van der Waals surface area contributed by atoms with Gasteiger partial charge in [0.05, 0.1) is 20.5 Å². The third-order valence-corrected chi connectivity index (χ3v) is 5.94. The Bertz CT molecular complexity index is 1130. The van der Waals surface area contributed by atoms with E-state index < -0.39 is 11.7 Å². The van der Waals surface area contributed by atoms with Crippen molar-refractivity contribution in [2.24, 2.45) is 0 Å². The molecule has 0 saturated carbocycles. The lowest BCUT2D eigenvalue weighted by molar-refractivity contribution is 0.102. The fraction of sp³-hybridized carbons (Fsp3) is 0.182. The van der Waals surface area contributed by atoms with Crippen LogP contribution in [-0.4, -0.2) is 25.9 Å². The lowest BCUT2D eigenvalue weighted by atomic mass is 10.1. The number of benzene rings is 2. The Morgan fingerprint density at radius 3 is 2.33 bits per heavy atom. The van der Waals surface area contributed by atoms with Crippen LogP contribution in [0.2, 0.25) is 5.02 Å². The van der Waals surface area contributed by atoms with Crippen molar-refractivity contribution >= 4 is 51.1 Å². The molecule has 1 heterocycles. The number of halogens is 2. The van der Waals surface area contributed by atoms with Gasteiger partial charge in [0, 0.05) is 25.5 Å². The number of carbonyl (C=O) groups is 2. The molecule has 3 rings (SSSR count). The second-order valence-electron chi connectivity index (χ2n) is 7.05. The van der Waals surface area contributed by atoms with Crippen LogP contribution in [0.15, 0.2) is 42.5 Å². The summed E-state index contributed by atoms with van der Waals surface area (Å²) in [6.07, 6.45) is 0. The van der Waals surface area contributed by atoms with Crippen LogP contribution in [0.25, 0.3) is 0 Å². The van der Waals surface area contributed by atoms with Gasteiger partial charge in [0.25, 0.3) is 11.8 Å². The molecule has 5 nitrogen and oxygen atoms in total. The van der Waals surface area contributed by atoms with Gasteiger partial charge in [0.1, 0.15) is 5.82 Å². The number of nitrogens with one attached hydrogen (secondary N) is 2. The molecule has 2 aromatic carbocycles. The van der Waals surface area contributed by atoms with E-state index in [1.54, 1.807) is 13.0 Å². The van der Waals surface area contributed by atoms with Crippen LogP contribution in [-0.2, 0) is 0 Å². The maximum absolute atomic E-state index is 13.2. The smallest absolute Gasteiger partial charge is 0.266 e. The van der Waals surface area contributed by atoms with Crippen LogP contribution in [0.5, 0.6) is 0 Å². The quantitative estimate of drug-likeness (QED) is 0.527. The minimum Gasteiger partial charge on any atom is -0.377 e. The molecule has 2 amide bonds. The molecule has 1 aromatic heterocycles. The van der Waals surface area contributed by atoms with Crippen LogP contribution < -0.4 is 15.5 Å². The highest BCUT2D eigenvalue weighted by atomic mass is 35.5. The number of thiophene rings is 1. The first-order chi connectivity index (χ1) is 14.2. The van der Waals surface area contributed by atoms with E-state index in [4.69, 9.17) is 11.6 Å². The van der Waals surface area contributed by atoms with E-state index in [0.29, 0.717) is 15.6 Å². The highest BCUT2D eigenvalue weighted by molar-refractivity contribution is 7.18. The molecule has 2 N–H and O–H groups in total. The Balaban J connectivity index is 1.74. The average molecular weight is 446 g/mol. The lowest BCUT2D eigenvalue weighted by Crippen LogP contribution is -2.13. The summed E-state index contributed by atoms with van der Waals surface area (Å²) < 4.78 is 13.2. The lowest BCUT2D eigenvalue weighted by Gasteiger charge is -2.16. The highest BCUT2D eigenvalue weighted by Gasteiger charge is 2.17. The second-order valence-corrected chi connectivity index (χ2v) is 8.51. The van der Waals surface area contributed by atoms with Gasteiger partial charge >= 0.3 is 0 Å². The molecule has 0 unspecified atom stereocenters. The molecule has 0 atom stereocenters. The number of aryl methyl sites for hydroxylation is 2. The van der Waals surface area contributed by atoms with Gasteiger partial charge in [-0.1, -0.05) is 11.6 Å². The summed E-state index contributed by atoms with van der Waals surface area (Å²) in [7, 11) is 3.93. The van der Waals surface area contributed by atoms with Crippen LogP contribution in [0.1, 0.15) is 31.2 Å². The molecule has 156 valence electrons. The summed E-state index contributed by atoms with van der Waals surface area (Å²) >= 11 is 7.11. The summed E-state index contributed by atoms with van der Waals surface area (Å²) in [4.78, 5) is 27.7. The number of anilines is 3. The standard InChI is InChI=1S/C22H21ClFN3O2S/c1-12-9-15(6-8-18(12)27(3)4)25-22(29)20-13(2)10-19(30-20)26-21(28)16-7-5-14(24)11-17(16)23/h5-11H,1-4H3,(H,25,29)(H,26,28). The predicted octanol–water partition coefficient (Wildman–Crippen LogP) is 5.73. The molecule has 3 aromatic rings. The highest BCUT2D eigenvalue weighted by Crippen LogP contribution is 2.29. The summed E-state index contributed by atoms with van der Waals surface area (Å²) in [6.45, 7) is 3.78. The van der Waals surface area contributed by atoms with Gasteiger partial charge < -0.3 is 15.5 Å². The number of hydrogen-bond acceptors (Lipinski definition) is 4. The third-order valence-electron chi connectivity index (χ3n) is 4.47. The largest absolute Gasteiger partial charge is 0.377 e. The van der Waals surface area contributed by atoms with Crippen molar-refractivity contribution in [2.75, 3.05) is 29.6 Å². The molecule has 0 saturated heterocycles. The van der Waals surface area contributed by atoms with E-state index in [1.165, 1.54) is 12.1 Å². The zero-order valence-electron chi connectivity index (χ0n) is 17.0. The molecular weight excluding hydrogens is 425 g/mol. The number of hydrogen-bond donors (Lipinski definition) is 2. The van der Waals surface area contributed by atoms with Crippen LogP contribution in [0.4, 0.5) is 20.8 Å². The summed E-state index contributed by atoms with van der Waals surface area (Å²) in [6, 6.07) is 11.0. The van der Waals surface area contributed by atoms with Gasteiger partial charge in [0.15, 0.2) is 0 Å². The van der Waals surface area contributed by atoms with E-state index in [9.17, 15) is 14.0 Å². The van der Waals surface area contributed by atoms with Gasteiger partial charge in [-0.2, -0.15) is 0 Å². The van der Waals surface area contributed by atoms with Crippen molar-refractivity contribution in [2.45, 2.75) is 13.8 Å². The second kappa shape index (κ2) is 8.85. The Kier molecular flexibility index (Phi) is 6.43. The first kappa shape index (κ1) is 21.8. The number of carbonyl (C=O) groups excluding carboxylic acids is 2. The molecule has 0 fully saturated rings. The predicted molar refractivity (Wildman–Crippen MR) is 122 cm³/mol. The van der Waals surface area contributed by atoms with Gasteiger partial charge in [-0.05, 0) is 67.4 Å². The summed E-state index contributed by atoms with van der Waals surface area (Å²) in [5, 5.41) is 6.14. The topological polar surface area (TPSA) is 61.4 Å². The van der Waals surface area contributed by atoms with E-state index in [1.807, 2.05) is 44.1 Å². The van der Waals surface area contributed by atoms with Gasteiger partial charge in [0.2, 0.25) is 0 Å². The average Bonchev–Trinajstić information content (AvgIpc) is 3.01. The molecule has 0 spiro atoms. The van der Waals surface area contributed by atoms with Gasteiger partial charge in [-0.3, -0.25) is 9.59 Å². The molecule has 8 heteroatoms. The first-order valence-electron chi connectivity index (χ1n) is 9.12. The summed E-state index contributed by atoms with van der Waals surface area (Å²) in [5.74, 6) is -1.24. The zero-order valence-corrected chi connectivity index (χ0v) is 18.5. The van der Waals surface area contributed by atoms with Crippen molar-refractivity contribution in [3.8, 4) is 0 Å². The SMILES string of the molecule is Cc1cc(NC(=O)c2sc(NC(=O)c3ccc(F)cc3Cl)cc2C)ccc1N(C)C. The Morgan fingerprint density at radius 1 is 0.967 bits per heavy atom. The molecule has 0 radical (unpaired) electrons. The van der Waals surface area contributed by atoms with Crippen molar-refractivity contribution < 1.29 is 14.0 Å². The monoisotopic (exact) mass is 445 g/mol. The summed E-state index contributed by atoms with van der Waals surface area (Å²) in [5.41, 5.74) is 3.71. The Hall–Kier alpha value is -2.90. The maximum atomic E-state index is 13.2. The van der Waals surface area contributed by atoms with Crippen molar-refractivity contribution in [3.05, 3.63) is 74.9 Å². The van der Waals surface area contributed by atoms with Crippen LogP contribution in [0, 0.1) is 19.7 Å². The maximum Gasteiger partial charge on any atom is 0.266 e. The first-order valence-corrected chi connectivity index (χ1v) is 10.3. The van der Waals surface area contributed by atoms with Crippen LogP contribution >= 0.6 is 22.9 Å². The number of rotatable bonds is 5. The van der Waals surface area contributed by atoms with E-state index >= 15 is 0 Å². The van der Waals surface area contributed by atoms with E-state index in [-0.39, 0.29) is 16.5 Å². The Labute approximate surface area is 183 Å². The zero-order chi connectivity index (χ0) is 22.0. The third kappa shape index (κ3) is 4.80. The molecule has 0 aliphatic rings. The van der Waals surface area contributed by atoms with Crippen molar-refractivity contribution in [3.63, 3.8) is 0 Å². The van der Waals surface area contributed by atoms with Crippen LogP contribution in [0.3, 0.4) is 0 Å². The Morgan fingerprint density at radius 2 is 1.70 bits per heavy atom.